The Morgan fingerprint density at radius 3 is 2.68 bits per heavy atom. The van der Waals surface area contributed by atoms with Gasteiger partial charge in [-0.3, -0.25) is 10.1 Å². The van der Waals surface area contributed by atoms with Crippen molar-refractivity contribution < 1.29 is 24.9 Å². The number of phenols is 1. The summed E-state index contributed by atoms with van der Waals surface area (Å²) in [5.41, 5.74) is 0.491. The highest BCUT2D eigenvalue weighted by Crippen LogP contribution is 2.34. The van der Waals surface area contributed by atoms with E-state index in [-0.39, 0.29) is 31.1 Å². The van der Waals surface area contributed by atoms with E-state index in [0.717, 1.165) is 5.56 Å². The van der Waals surface area contributed by atoms with Gasteiger partial charge in [-0.2, -0.15) is 0 Å². The SMILES string of the molecule is Cc1cc(C=O)c(O)c([C@@H]2NC(CO)(CO)CO2)c1. The number of benzene rings is 1. The van der Waals surface area contributed by atoms with Crippen LogP contribution in [0, 0.1) is 6.92 Å². The molecule has 0 spiro atoms. The molecule has 6 heteroatoms. The monoisotopic (exact) mass is 267 g/mol. The van der Waals surface area contributed by atoms with Crippen LogP contribution in [-0.2, 0) is 4.74 Å². The van der Waals surface area contributed by atoms with Crippen molar-refractivity contribution in [2.24, 2.45) is 0 Å². The number of aromatic hydroxyl groups is 1. The predicted octanol–water partition coefficient (Wildman–Crippen LogP) is -0.145. The molecular formula is C13H17NO5. The second-order valence-corrected chi connectivity index (χ2v) is 4.84. The van der Waals surface area contributed by atoms with Gasteiger partial charge >= 0.3 is 0 Å². The molecule has 0 aliphatic carbocycles. The molecule has 0 unspecified atom stereocenters. The van der Waals surface area contributed by atoms with Gasteiger partial charge in [-0.15, -0.1) is 0 Å². The maximum absolute atomic E-state index is 10.9. The Morgan fingerprint density at radius 1 is 1.47 bits per heavy atom. The van der Waals surface area contributed by atoms with Crippen LogP contribution in [-0.4, -0.2) is 47.0 Å². The van der Waals surface area contributed by atoms with Gasteiger partial charge in [-0.25, -0.2) is 0 Å². The van der Waals surface area contributed by atoms with Crippen LogP contribution >= 0.6 is 0 Å². The Morgan fingerprint density at radius 2 is 2.16 bits per heavy atom. The summed E-state index contributed by atoms with van der Waals surface area (Å²) in [6.07, 6.45) is -0.0931. The van der Waals surface area contributed by atoms with Crippen LogP contribution in [0.25, 0.3) is 0 Å². The molecule has 0 aromatic heterocycles. The fraction of sp³-hybridized carbons (Fsp3) is 0.462. The number of hydrogen-bond acceptors (Lipinski definition) is 6. The zero-order valence-corrected chi connectivity index (χ0v) is 10.6. The number of aliphatic hydroxyl groups excluding tert-OH is 2. The molecule has 6 nitrogen and oxygen atoms in total. The minimum Gasteiger partial charge on any atom is -0.507 e. The highest BCUT2D eigenvalue weighted by molar-refractivity contribution is 5.80. The summed E-state index contributed by atoms with van der Waals surface area (Å²) in [5.74, 6) is -0.148. The lowest BCUT2D eigenvalue weighted by Crippen LogP contribution is -2.49. The Bertz CT molecular complexity index is 484. The molecule has 0 bridgehead atoms. The molecule has 4 N–H and O–H groups in total. The van der Waals surface area contributed by atoms with Crippen molar-refractivity contribution in [3.05, 3.63) is 28.8 Å². The molecule has 2 rings (SSSR count). The van der Waals surface area contributed by atoms with Gasteiger partial charge in [-0.05, 0) is 24.6 Å². The minimum atomic E-state index is -0.928. The van der Waals surface area contributed by atoms with Crippen molar-refractivity contribution in [2.75, 3.05) is 19.8 Å². The lowest BCUT2D eigenvalue weighted by Gasteiger charge is -2.23. The minimum absolute atomic E-state index is 0.120. The van der Waals surface area contributed by atoms with Gasteiger partial charge in [0.2, 0.25) is 0 Å². The van der Waals surface area contributed by atoms with E-state index in [0.29, 0.717) is 11.8 Å². The maximum Gasteiger partial charge on any atom is 0.153 e. The smallest absolute Gasteiger partial charge is 0.153 e. The van der Waals surface area contributed by atoms with Crippen molar-refractivity contribution in [2.45, 2.75) is 18.7 Å². The van der Waals surface area contributed by atoms with Crippen LogP contribution < -0.4 is 5.32 Å². The topological polar surface area (TPSA) is 99.0 Å². The summed E-state index contributed by atoms with van der Waals surface area (Å²) in [6, 6.07) is 3.27. The molecule has 0 amide bonds. The Labute approximate surface area is 110 Å². The summed E-state index contributed by atoms with van der Waals surface area (Å²) >= 11 is 0. The van der Waals surface area contributed by atoms with Crippen LogP contribution in [0.4, 0.5) is 0 Å². The molecule has 1 aromatic carbocycles. The first-order chi connectivity index (χ1) is 9.05. The average molecular weight is 267 g/mol. The molecule has 1 saturated heterocycles. The van der Waals surface area contributed by atoms with E-state index in [1.54, 1.807) is 19.1 Å². The van der Waals surface area contributed by atoms with Crippen molar-refractivity contribution in [1.82, 2.24) is 5.32 Å². The Balaban J connectivity index is 2.34. The van der Waals surface area contributed by atoms with Gasteiger partial charge in [0.15, 0.2) is 6.29 Å². The van der Waals surface area contributed by atoms with Gasteiger partial charge in [0, 0.05) is 5.56 Å². The maximum atomic E-state index is 10.9. The first kappa shape index (κ1) is 14.0. The number of aliphatic hydroxyl groups is 2. The summed E-state index contributed by atoms with van der Waals surface area (Å²) in [7, 11) is 0. The van der Waals surface area contributed by atoms with E-state index >= 15 is 0 Å². The molecule has 1 atom stereocenters. The number of ether oxygens (including phenoxy) is 1. The fourth-order valence-corrected chi connectivity index (χ4v) is 2.13. The van der Waals surface area contributed by atoms with Crippen LogP contribution in [0.3, 0.4) is 0 Å². The molecule has 1 heterocycles. The van der Waals surface area contributed by atoms with Gasteiger partial charge in [0.1, 0.15) is 12.0 Å². The molecule has 1 aliphatic heterocycles. The molecule has 1 fully saturated rings. The van der Waals surface area contributed by atoms with Crippen LogP contribution in [0.1, 0.15) is 27.7 Å². The number of carbonyl (C=O) groups excluding carboxylic acids is 1. The standard InChI is InChI=1S/C13H17NO5/c1-8-2-9(4-15)11(18)10(3-8)12-14-13(5-16,6-17)7-19-12/h2-4,12,14,16-18H,5-7H2,1H3/t12-/m1/s1. The molecule has 1 aliphatic rings. The number of hydrogen-bond donors (Lipinski definition) is 4. The van der Waals surface area contributed by atoms with E-state index in [1.165, 1.54) is 0 Å². The zero-order valence-electron chi connectivity index (χ0n) is 10.6. The summed E-state index contributed by atoms with van der Waals surface area (Å²) in [4.78, 5) is 10.9. The van der Waals surface area contributed by atoms with Crippen LogP contribution in [0.15, 0.2) is 12.1 Å². The predicted molar refractivity (Wildman–Crippen MR) is 67.0 cm³/mol. The van der Waals surface area contributed by atoms with E-state index in [4.69, 9.17) is 4.74 Å². The Hall–Kier alpha value is -1.47. The first-order valence-corrected chi connectivity index (χ1v) is 5.95. The summed E-state index contributed by atoms with van der Waals surface area (Å²) in [6.45, 7) is 1.35. The highest BCUT2D eigenvalue weighted by atomic mass is 16.5. The summed E-state index contributed by atoms with van der Waals surface area (Å²) < 4.78 is 5.47. The molecule has 0 radical (unpaired) electrons. The van der Waals surface area contributed by atoms with E-state index in [1.807, 2.05) is 0 Å². The van der Waals surface area contributed by atoms with Crippen LogP contribution in [0.2, 0.25) is 0 Å². The van der Waals surface area contributed by atoms with Crippen molar-refractivity contribution >= 4 is 6.29 Å². The second kappa shape index (κ2) is 5.26. The number of carbonyl (C=O) groups is 1. The average Bonchev–Trinajstić information content (AvgIpc) is 2.86. The number of rotatable bonds is 4. The second-order valence-electron chi connectivity index (χ2n) is 4.84. The van der Waals surface area contributed by atoms with Crippen LogP contribution in [0.5, 0.6) is 5.75 Å². The van der Waals surface area contributed by atoms with E-state index in [9.17, 15) is 20.1 Å². The third kappa shape index (κ3) is 2.48. The van der Waals surface area contributed by atoms with Crippen molar-refractivity contribution in [1.29, 1.82) is 0 Å². The quantitative estimate of drug-likeness (QED) is 0.566. The molecule has 104 valence electrons. The number of phenolic OH excluding ortho intramolecular Hbond substituents is 1. The normalized spacial score (nSPS) is 21.5. The molecule has 1 aromatic rings. The van der Waals surface area contributed by atoms with Gasteiger partial charge in [0.25, 0.3) is 0 Å². The van der Waals surface area contributed by atoms with Crippen molar-refractivity contribution in [3.8, 4) is 5.75 Å². The number of aryl methyl sites for hydroxylation is 1. The largest absolute Gasteiger partial charge is 0.507 e. The summed E-state index contributed by atoms with van der Waals surface area (Å²) in [5, 5.41) is 31.5. The molecule has 0 saturated carbocycles. The lowest BCUT2D eigenvalue weighted by atomic mass is 10.0. The van der Waals surface area contributed by atoms with E-state index < -0.39 is 11.8 Å². The Kier molecular flexibility index (Phi) is 3.86. The van der Waals surface area contributed by atoms with Gasteiger partial charge in [-0.1, -0.05) is 0 Å². The number of nitrogens with one attached hydrogen (secondary N) is 1. The van der Waals surface area contributed by atoms with Crippen molar-refractivity contribution in [3.63, 3.8) is 0 Å². The lowest BCUT2D eigenvalue weighted by molar-refractivity contribution is 0.0752. The number of aldehydes is 1. The van der Waals surface area contributed by atoms with E-state index in [2.05, 4.69) is 5.32 Å². The first-order valence-electron chi connectivity index (χ1n) is 5.95. The fourth-order valence-electron chi connectivity index (χ4n) is 2.13. The molecule has 19 heavy (non-hydrogen) atoms. The van der Waals surface area contributed by atoms with Gasteiger partial charge < -0.3 is 20.1 Å². The molecular weight excluding hydrogens is 250 g/mol. The van der Waals surface area contributed by atoms with Gasteiger partial charge in [0.05, 0.1) is 30.9 Å². The zero-order chi connectivity index (χ0) is 14.0. The highest BCUT2D eigenvalue weighted by Gasteiger charge is 2.40. The third-order valence-electron chi connectivity index (χ3n) is 3.29. The third-order valence-corrected chi connectivity index (χ3v) is 3.29.